The Labute approximate surface area is 345 Å². The number of thiophene rings is 1. The monoisotopic (exact) mass is 762 g/mol. The van der Waals surface area contributed by atoms with Crippen LogP contribution in [0.5, 0.6) is 0 Å². The molecule has 0 aliphatic rings. The van der Waals surface area contributed by atoms with Crippen LogP contribution in [-0.2, 0) is 0 Å². The van der Waals surface area contributed by atoms with Crippen LogP contribution in [0.15, 0.2) is 206 Å². The Bertz CT molecular complexity index is 3740. The van der Waals surface area contributed by atoms with E-state index in [1.54, 1.807) is 0 Å². The third kappa shape index (κ3) is 4.96. The Hall–Kier alpha value is -7.32. The first-order valence-corrected chi connectivity index (χ1v) is 21.3. The van der Waals surface area contributed by atoms with Gasteiger partial charge in [0.1, 0.15) is 0 Å². The summed E-state index contributed by atoms with van der Waals surface area (Å²) in [4.78, 5) is 0. The average molecular weight is 763 g/mol. The molecule has 0 N–H and O–H groups in total. The van der Waals surface area contributed by atoms with Crippen LogP contribution >= 0.6 is 11.3 Å². The molecule has 0 aliphatic carbocycles. The van der Waals surface area contributed by atoms with Gasteiger partial charge in [0, 0.05) is 15.6 Å². The molecule has 0 radical (unpaired) electrons. The Kier molecular flexibility index (Phi) is 6.98. The van der Waals surface area contributed by atoms with Gasteiger partial charge >= 0.3 is 0 Å². The number of fused-ring (bicyclic) bond motifs is 1. The van der Waals surface area contributed by atoms with Crippen LogP contribution in [0.3, 0.4) is 0 Å². The van der Waals surface area contributed by atoms with Crippen molar-refractivity contribution in [2.24, 2.45) is 0 Å². The van der Waals surface area contributed by atoms with Crippen molar-refractivity contribution < 1.29 is 0 Å². The van der Waals surface area contributed by atoms with Gasteiger partial charge < -0.3 is 0 Å². The largest absolute Gasteiger partial charge is 0.143 e. The van der Waals surface area contributed by atoms with Gasteiger partial charge in [0.05, 0.1) is 0 Å². The van der Waals surface area contributed by atoms with Gasteiger partial charge in [-0.05, 0) is 132 Å². The summed E-state index contributed by atoms with van der Waals surface area (Å²) < 4.78 is 1.33. The molecule has 0 fully saturated rings. The minimum atomic E-state index is 1.21. The van der Waals surface area contributed by atoms with E-state index in [-0.39, 0.29) is 0 Å². The van der Waals surface area contributed by atoms with Crippen molar-refractivity contribution in [1.82, 2.24) is 0 Å². The van der Waals surface area contributed by atoms with Gasteiger partial charge in [0.2, 0.25) is 0 Å². The van der Waals surface area contributed by atoms with Crippen molar-refractivity contribution in [1.29, 1.82) is 0 Å². The summed E-state index contributed by atoms with van der Waals surface area (Å²) in [5.74, 6) is 0. The Balaban J connectivity index is 0.836. The fraction of sp³-hybridized carbons (Fsp3) is 0. The van der Waals surface area contributed by atoms with Crippen molar-refractivity contribution in [3.05, 3.63) is 206 Å². The van der Waals surface area contributed by atoms with E-state index in [4.69, 9.17) is 0 Å². The second-order valence-electron chi connectivity index (χ2n) is 16.0. The maximum atomic E-state index is 2.33. The lowest BCUT2D eigenvalue weighted by Crippen LogP contribution is -1.89. The first-order valence-electron chi connectivity index (χ1n) is 20.4. The average Bonchev–Trinajstić information content (AvgIpc) is 3.74. The predicted molar refractivity (Wildman–Crippen MR) is 256 cm³/mol. The van der Waals surface area contributed by atoms with Gasteiger partial charge in [0.15, 0.2) is 0 Å². The van der Waals surface area contributed by atoms with E-state index in [0.717, 1.165) is 0 Å². The molecule has 13 aromatic rings. The highest BCUT2D eigenvalue weighted by molar-refractivity contribution is 7.17. The topological polar surface area (TPSA) is 0 Å². The van der Waals surface area contributed by atoms with Gasteiger partial charge in [-0.2, -0.15) is 0 Å². The van der Waals surface area contributed by atoms with Gasteiger partial charge in [-0.1, -0.05) is 188 Å². The standard InChI is InChI=1S/C58H34S/c1-2-10-54-49(9-1)53(34-59-54)48-29-23-43-25-31-51-47(28-22-42-26-32-52(48)58(43)57(42)51)38-17-13-36(14-18-38)45-8-4-7-44(33-45)35-11-15-37(16-12-35)46-27-21-41-20-19-39-5-3-6-40-24-30-50(46)56(41)55(39)40/h1-34H. The molecule has 0 saturated carbocycles. The summed E-state index contributed by atoms with van der Waals surface area (Å²) in [6.07, 6.45) is 0. The molecule has 0 aliphatic heterocycles. The molecule has 0 unspecified atom stereocenters. The lowest BCUT2D eigenvalue weighted by molar-refractivity contribution is 1.58. The number of hydrogen-bond acceptors (Lipinski definition) is 1. The second kappa shape index (κ2) is 12.6. The smallest absolute Gasteiger partial charge is 0.0349 e. The molecule has 1 heterocycles. The molecular weight excluding hydrogens is 729 g/mol. The molecule has 13 rings (SSSR count). The SMILES string of the molecule is c1cc(-c2ccc(-c3ccc4ccc5cccc6ccc3c4c56)cc2)cc(-c2ccc(-c3ccc4ccc5c(-c6csc7ccccc67)ccc6ccc3c4c65)cc2)c1. The van der Waals surface area contributed by atoms with Crippen molar-refractivity contribution in [2.75, 3.05) is 0 Å². The Morgan fingerprint density at radius 1 is 0.237 bits per heavy atom. The molecule has 59 heavy (non-hydrogen) atoms. The van der Waals surface area contributed by atoms with Crippen LogP contribution < -0.4 is 0 Å². The molecule has 0 nitrogen and oxygen atoms in total. The minimum absolute atomic E-state index is 1.21. The molecule has 1 aromatic heterocycles. The third-order valence-electron chi connectivity index (χ3n) is 12.9. The first kappa shape index (κ1) is 32.7. The summed E-state index contributed by atoms with van der Waals surface area (Å²) in [5.41, 5.74) is 12.5. The summed E-state index contributed by atoms with van der Waals surface area (Å²) in [5, 5.41) is 19.5. The molecular formula is C58H34S. The zero-order valence-electron chi connectivity index (χ0n) is 32.0. The zero-order chi connectivity index (χ0) is 38.6. The fourth-order valence-electron chi connectivity index (χ4n) is 10.0. The van der Waals surface area contributed by atoms with Crippen LogP contribution in [0, 0.1) is 0 Å². The quantitative estimate of drug-likeness (QED) is 0.153. The predicted octanol–water partition coefficient (Wildman–Crippen LogP) is 17.0. The van der Waals surface area contributed by atoms with Gasteiger partial charge in [-0.3, -0.25) is 0 Å². The molecule has 0 amide bonds. The fourth-order valence-corrected chi connectivity index (χ4v) is 11.0. The second-order valence-corrected chi connectivity index (χ2v) is 16.9. The van der Waals surface area contributed by atoms with E-state index in [9.17, 15) is 0 Å². The third-order valence-corrected chi connectivity index (χ3v) is 13.8. The van der Waals surface area contributed by atoms with Gasteiger partial charge in [-0.25, -0.2) is 0 Å². The Morgan fingerprint density at radius 3 is 1.24 bits per heavy atom. The first-order chi connectivity index (χ1) is 29.2. The zero-order valence-corrected chi connectivity index (χ0v) is 32.9. The summed E-state index contributed by atoms with van der Waals surface area (Å²) in [6.45, 7) is 0. The molecule has 0 spiro atoms. The van der Waals surface area contributed by atoms with E-state index in [1.165, 1.54) is 130 Å². The van der Waals surface area contributed by atoms with E-state index in [0.29, 0.717) is 0 Å². The van der Waals surface area contributed by atoms with Crippen LogP contribution in [-0.4, -0.2) is 0 Å². The highest BCUT2D eigenvalue weighted by atomic mass is 32.1. The van der Waals surface area contributed by atoms with Crippen LogP contribution in [0.1, 0.15) is 0 Å². The van der Waals surface area contributed by atoms with Crippen molar-refractivity contribution in [2.45, 2.75) is 0 Å². The molecule has 1 heteroatoms. The lowest BCUT2D eigenvalue weighted by atomic mass is 9.87. The van der Waals surface area contributed by atoms with Crippen molar-refractivity contribution >= 4 is 86.1 Å². The van der Waals surface area contributed by atoms with Crippen LogP contribution in [0.25, 0.3) is 130 Å². The van der Waals surface area contributed by atoms with Crippen molar-refractivity contribution in [3.63, 3.8) is 0 Å². The Morgan fingerprint density at radius 2 is 0.661 bits per heavy atom. The van der Waals surface area contributed by atoms with Gasteiger partial charge in [0.25, 0.3) is 0 Å². The minimum Gasteiger partial charge on any atom is -0.143 e. The summed E-state index contributed by atoms with van der Waals surface area (Å²) >= 11 is 1.83. The summed E-state index contributed by atoms with van der Waals surface area (Å²) in [6, 6.07) is 74.7. The van der Waals surface area contributed by atoms with E-state index >= 15 is 0 Å². The van der Waals surface area contributed by atoms with Gasteiger partial charge in [-0.15, -0.1) is 11.3 Å². The van der Waals surface area contributed by atoms with E-state index in [2.05, 4.69) is 206 Å². The highest BCUT2D eigenvalue weighted by Gasteiger charge is 2.17. The number of hydrogen-bond donors (Lipinski definition) is 0. The molecule has 272 valence electrons. The maximum Gasteiger partial charge on any atom is 0.0349 e. The van der Waals surface area contributed by atoms with E-state index in [1.807, 2.05) is 11.3 Å². The highest BCUT2D eigenvalue weighted by Crippen LogP contribution is 2.45. The molecule has 0 atom stereocenters. The normalized spacial score (nSPS) is 12.1. The van der Waals surface area contributed by atoms with E-state index < -0.39 is 0 Å². The van der Waals surface area contributed by atoms with Crippen LogP contribution in [0.4, 0.5) is 0 Å². The molecule has 12 aromatic carbocycles. The molecule has 0 bridgehead atoms. The maximum absolute atomic E-state index is 2.33. The van der Waals surface area contributed by atoms with Crippen LogP contribution in [0.2, 0.25) is 0 Å². The lowest BCUT2D eigenvalue weighted by Gasteiger charge is -2.16. The molecule has 0 saturated heterocycles. The number of rotatable bonds is 5. The number of benzene rings is 12. The van der Waals surface area contributed by atoms with Crippen molar-refractivity contribution in [3.8, 4) is 55.6 Å². The summed E-state index contributed by atoms with van der Waals surface area (Å²) in [7, 11) is 0.